The quantitative estimate of drug-likeness (QED) is 0.661. The van der Waals surface area contributed by atoms with Crippen molar-refractivity contribution in [1.29, 1.82) is 0 Å². The van der Waals surface area contributed by atoms with E-state index >= 15 is 0 Å². The van der Waals surface area contributed by atoms with Crippen LogP contribution in [0.15, 0.2) is 39.8 Å². The van der Waals surface area contributed by atoms with Crippen LogP contribution in [0.25, 0.3) is 0 Å². The fraction of sp³-hybridized carbons (Fsp3) is 0.476. The van der Waals surface area contributed by atoms with Gasteiger partial charge in [0.05, 0.1) is 22.6 Å². The Morgan fingerprint density at radius 3 is 2.34 bits per heavy atom. The van der Waals surface area contributed by atoms with Crippen LogP contribution in [0.2, 0.25) is 0 Å². The molecule has 32 heavy (non-hydrogen) atoms. The number of aryl methyl sites for hydroxylation is 2. The minimum absolute atomic E-state index is 0.104. The van der Waals surface area contributed by atoms with Crippen molar-refractivity contribution in [3.05, 3.63) is 47.4 Å². The Hall–Kier alpha value is -2.37. The number of anilines is 1. The Morgan fingerprint density at radius 1 is 1.00 bits per heavy atom. The molecule has 1 aromatic carbocycles. The molecule has 11 heteroatoms. The number of sulfonamides is 2. The number of benzene rings is 1. The van der Waals surface area contributed by atoms with E-state index in [1.165, 1.54) is 14.9 Å². The van der Waals surface area contributed by atoms with E-state index < -0.39 is 20.0 Å². The molecule has 1 aromatic heterocycles. The number of piperazine rings is 1. The van der Waals surface area contributed by atoms with E-state index in [1.54, 1.807) is 43.0 Å². The number of carbonyl (C=O) groups excluding carboxylic acids is 1. The third kappa shape index (κ3) is 4.16. The second kappa shape index (κ2) is 8.53. The maximum absolute atomic E-state index is 13.4. The molecule has 2 aliphatic heterocycles. The van der Waals surface area contributed by atoms with Crippen LogP contribution in [0.3, 0.4) is 0 Å². The fourth-order valence-electron chi connectivity index (χ4n) is 4.21. The first kappa shape index (κ1) is 22.8. The second-order valence-corrected chi connectivity index (χ2v) is 12.1. The second-order valence-electron chi connectivity index (χ2n) is 8.17. The first-order chi connectivity index (χ1) is 15.1. The third-order valence-corrected chi connectivity index (χ3v) is 9.88. The molecule has 0 radical (unpaired) electrons. The van der Waals surface area contributed by atoms with Gasteiger partial charge in [0, 0.05) is 32.7 Å². The molecule has 2 saturated heterocycles. The molecule has 174 valence electrons. The predicted molar refractivity (Wildman–Crippen MR) is 120 cm³/mol. The first-order valence-electron chi connectivity index (χ1n) is 10.6. The van der Waals surface area contributed by atoms with E-state index in [2.05, 4.69) is 0 Å². The van der Waals surface area contributed by atoms with E-state index in [1.807, 2.05) is 0 Å². The van der Waals surface area contributed by atoms with Crippen molar-refractivity contribution in [2.24, 2.45) is 0 Å². The van der Waals surface area contributed by atoms with Gasteiger partial charge in [0.2, 0.25) is 20.0 Å². The Morgan fingerprint density at radius 2 is 1.72 bits per heavy atom. The molecular formula is C21H27N3O6S2. The molecule has 2 aliphatic rings. The van der Waals surface area contributed by atoms with Crippen LogP contribution in [0.4, 0.5) is 5.69 Å². The van der Waals surface area contributed by atoms with E-state index in [0.717, 1.165) is 6.42 Å². The monoisotopic (exact) mass is 481 g/mol. The van der Waals surface area contributed by atoms with Crippen LogP contribution in [0, 0.1) is 13.8 Å². The van der Waals surface area contributed by atoms with Crippen LogP contribution in [-0.4, -0.2) is 70.4 Å². The van der Waals surface area contributed by atoms with Crippen molar-refractivity contribution in [3.8, 4) is 0 Å². The van der Waals surface area contributed by atoms with E-state index in [9.17, 15) is 21.6 Å². The lowest BCUT2D eigenvalue weighted by atomic mass is 10.1. The molecule has 0 N–H and O–H groups in total. The summed E-state index contributed by atoms with van der Waals surface area (Å²) in [4.78, 5) is 14.2. The number of amides is 1. The van der Waals surface area contributed by atoms with Crippen LogP contribution < -0.4 is 4.31 Å². The highest BCUT2D eigenvalue weighted by Gasteiger charge is 2.33. The SMILES string of the molecule is Cc1cc(S(=O)(=O)N2CCN(C(=O)c3ccco3)CC2)c(C)cc1N1CCCCS1(=O)=O. The lowest BCUT2D eigenvalue weighted by Gasteiger charge is -2.34. The highest BCUT2D eigenvalue weighted by Crippen LogP contribution is 2.32. The molecule has 4 rings (SSSR count). The molecule has 0 unspecified atom stereocenters. The zero-order valence-corrected chi connectivity index (χ0v) is 19.8. The van der Waals surface area contributed by atoms with Crippen LogP contribution in [0.1, 0.15) is 34.5 Å². The van der Waals surface area contributed by atoms with Crippen molar-refractivity contribution < 1.29 is 26.0 Å². The summed E-state index contributed by atoms with van der Waals surface area (Å²) < 4.78 is 59.6. The number of furan rings is 1. The van der Waals surface area contributed by atoms with Gasteiger partial charge in [0.15, 0.2) is 5.76 Å². The maximum atomic E-state index is 13.4. The molecule has 0 saturated carbocycles. The summed E-state index contributed by atoms with van der Waals surface area (Å²) in [6.45, 7) is 4.70. The van der Waals surface area contributed by atoms with Gasteiger partial charge in [-0.25, -0.2) is 16.8 Å². The molecule has 9 nitrogen and oxygen atoms in total. The standard InChI is InChI=1S/C21H27N3O6S2/c1-16-15-20(17(2)14-18(16)24-7-3-4-13-31(24,26)27)32(28,29)23-10-8-22(9-11-23)21(25)19-6-5-12-30-19/h5-6,12,14-15H,3-4,7-11,13H2,1-2H3. The van der Waals surface area contributed by atoms with E-state index in [0.29, 0.717) is 29.8 Å². The van der Waals surface area contributed by atoms with Gasteiger partial charge in [-0.2, -0.15) is 4.31 Å². The van der Waals surface area contributed by atoms with E-state index in [-0.39, 0.29) is 48.5 Å². The summed E-state index contributed by atoms with van der Waals surface area (Å²) in [6, 6.07) is 6.44. The van der Waals surface area contributed by atoms with Gasteiger partial charge in [-0.1, -0.05) is 0 Å². The number of nitrogens with zero attached hydrogens (tertiary/aromatic N) is 3. The minimum Gasteiger partial charge on any atom is -0.459 e. The predicted octanol–water partition coefficient (Wildman–Crippen LogP) is 1.97. The highest BCUT2D eigenvalue weighted by atomic mass is 32.2. The summed E-state index contributed by atoms with van der Waals surface area (Å²) in [5, 5.41) is 0. The summed E-state index contributed by atoms with van der Waals surface area (Å²) in [5.74, 6) is 0.0780. The van der Waals surface area contributed by atoms with Crippen molar-refractivity contribution >= 4 is 31.6 Å². The molecule has 0 bridgehead atoms. The third-order valence-electron chi connectivity index (χ3n) is 5.99. The Balaban J connectivity index is 1.54. The molecule has 0 spiro atoms. The molecule has 2 aromatic rings. The van der Waals surface area contributed by atoms with Crippen LogP contribution >= 0.6 is 0 Å². The highest BCUT2D eigenvalue weighted by molar-refractivity contribution is 7.92. The van der Waals surface area contributed by atoms with Gasteiger partial charge in [-0.3, -0.25) is 9.10 Å². The van der Waals surface area contributed by atoms with Crippen molar-refractivity contribution in [2.75, 3.05) is 42.8 Å². The Kier molecular flexibility index (Phi) is 6.08. The fourth-order valence-corrected chi connectivity index (χ4v) is 7.61. The van der Waals surface area contributed by atoms with Crippen LogP contribution in [-0.2, 0) is 20.0 Å². The number of rotatable bonds is 4. The summed E-state index contributed by atoms with van der Waals surface area (Å²) >= 11 is 0. The average molecular weight is 482 g/mol. The zero-order valence-electron chi connectivity index (χ0n) is 18.2. The Bertz CT molecular complexity index is 1210. The topological polar surface area (TPSA) is 108 Å². The number of carbonyl (C=O) groups is 1. The molecule has 0 aliphatic carbocycles. The summed E-state index contributed by atoms with van der Waals surface area (Å²) in [7, 11) is -7.18. The number of hydrogen-bond acceptors (Lipinski definition) is 6. The van der Waals surface area contributed by atoms with Gasteiger partial charge >= 0.3 is 0 Å². The minimum atomic E-state index is -3.79. The van der Waals surface area contributed by atoms with Gasteiger partial charge in [0.25, 0.3) is 5.91 Å². The lowest BCUT2D eigenvalue weighted by molar-refractivity contribution is 0.0666. The van der Waals surface area contributed by atoms with Gasteiger partial charge in [0.1, 0.15) is 0 Å². The van der Waals surface area contributed by atoms with Gasteiger partial charge in [-0.15, -0.1) is 0 Å². The normalized spacial score (nSPS) is 19.8. The number of hydrogen-bond donors (Lipinski definition) is 0. The zero-order chi connectivity index (χ0) is 23.1. The summed E-state index contributed by atoms with van der Waals surface area (Å²) in [6.07, 6.45) is 2.84. The van der Waals surface area contributed by atoms with Gasteiger partial charge in [-0.05, 0) is 62.1 Å². The molecule has 2 fully saturated rings. The molecule has 1 amide bonds. The van der Waals surface area contributed by atoms with Crippen LogP contribution in [0.5, 0.6) is 0 Å². The Labute approximate surface area is 188 Å². The van der Waals surface area contributed by atoms with Crippen molar-refractivity contribution in [2.45, 2.75) is 31.6 Å². The molecular weight excluding hydrogens is 454 g/mol. The van der Waals surface area contributed by atoms with E-state index in [4.69, 9.17) is 4.42 Å². The molecule has 3 heterocycles. The lowest BCUT2D eigenvalue weighted by Crippen LogP contribution is -2.50. The smallest absolute Gasteiger partial charge is 0.289 e. The maximum Gasteiger partial charge on any atom is 0.289 e. The average Bonchev–Trinajstić information content (AvgIpc) is 3.29. The van der Waals surface area contributed by atoms with Gasteiger partial charge < -0.3 is 9.32 Å². The van der Waals surface area contributed by atoms with Crippen molar-refractivity contribution in [3.63, 3.8) is 0 Å². The largest absolute Gasteiger partial charge is 0.459 e. The summed E-state index contributed by atoms with van der Waals surface area (Å²) in [5.41, 5.74) is 1.64. The first-order valence-corrected chi connectivity index (χ1v) is 13.6. The van der Waals surface area contributed by atoms with Crippen molar-refractivity contribution in [1.82, 2.24) is 9.21 Å². The molecule has 0 atom stereocenters.